The number of ether oxygens (including phenoxy) is 3. The molecule has 5 nitrogen and oxygen atoms in total. The molecule has 1 saturated carbocycles. The van der Waals surface area contributed by atoms with Crippen molar-refractivity contribution in [2.45, 2.75) is 31.0 Å². The predicted molar refractivity (Wildman–Crippen MR) is 120 cm³/mol. The van der Waals surface area contributed by atoms with E-state index in [1.165, 1.54) is 7.11 Å². The maximum Gasteiger partial charge on any atom is 0.218 e. The minimum absolute atomic E-state index is 0.361. The molecule has 0 unspecified atom stereocenters. The Morgan fingerprint density at radius 2 is 1.66 bits per heavy atom. The lowest BCUT2D eigenvalue weighted by molar-refractivity contribution is -0.152. The van der Waals surface area contributed by atoms with Crippen LogP contribution in [0.1, 0.15) is 35.1 Å². The predicted octanol–water partition coefficient (Wildman–Crippen LogP) is 4.49. The molecule has 0 aromatic heterocycles. The zero-order chi connectivity index (χ0) is 22.7. The Morgan fingerprint density at radius 3 is 2.28 bits per heavy atom. The highest BCUT2D eigenvalue weighted by Crippen LogP contribution is 2.66. The van der Waals surface area contributed by atoms with Gasteiger partial charge in [0.1, 0.15) is 17.2 Å². The quantitative estimate of drug-likeness (QED) is 0.661. The fraction of sp³-hybridized carbons (Fsp3) is 0.296. The Labute approximate surface area is 187 Å². The molecule has 1 heterocycles. The fourth-order valence-electron chi connectivity index (χ4n) is 5.50. The number of aryl methyl sites for hydroxylation is 1. The Bertz CT molecular complexity index is 1190. The molecule has 164 valence electrons. The van der Waals surface area contributed by atoms with Crippen LogP contribution in [0.2, 0.25) is 0 Å². The first-order chi connectivity index (χ1) is 15.4. The monoisotopic (exact) mass is 430 g/mol. The molecule has 32 heavy (non-hydrogen) atoms. The van der Waals surface area contributed by atoms with Gasteiger partial charge in [-0.2, -0.15) is 0 Å². The number of fused-ring (bicyclic) bond motifs is 4. The van der Waals surface area contributed by atoms with Crippen LogP contribution in [-0.2, 0) is 16.0 Å². The van der Waals surface area contributed by atoms with Crippen molar-refractivity contribution in [3.05, 3.63) is 89.0 Å². The zero-order valence-electron chi connectivity index (χ0n) is 18.6. The Balaban J connectivity index is 1.86. The number of benzene rings is 3. The Hall–Kier alpha value is -3.31. The average molecular weight is 431 g/mol. The van der Waals surface area contributed by atoms with E-state index in [9.17, 15) is 9.90 Å². The Morgan fingerprint density at radius 1 is 0.969 bits per heavy atom. The summed E-state index contributed by atoms with van der Waals surface area (Å²) >= 11 is 0. The van der Waals surface area contributed by atoms with Gasteiger partial charge in [0, 0.05) is 29.5 Å². The molecule has 0 spiro atoms. The van der Waals surface area contributed by atoms with Crippen molar-refractivity contribution in [1.29, 1.82) is 0 Å². The van der Waals surface area contributed by atoms with Crippen molar-refractivity contribution in [2.24, 2.45) is 5.92 Å². The molecule has 0 amide bonds. The van der Waals surface area contributed by atoms with E-state index >= 15 is 0 Å². The van der Waals surface area contributed by atoms with E-state index in [1.54, 1.807) is 19.2 Å². The molecule has 1 aliphatic carbocycles. The number of aliphatic hydroxyl groups is 1. The molecule has 3 aromatic rings. The summed E-state index contributed by atoms with van der Waals surface area (Å²) < 4.78 is 17.7. The van der Waals surface area contributed by atoms with E-state index < -0.39 is 23.0 Å². The zero-order valence-corrected chi connectivity index (χ0v) is 18.6. The van der Waals surface area contributed by atoms with Crippen LogP contribution >= 0.6 is 0 Å². The number of ketones is 1. The van der Waals surface area contributed by atoms with Gasteiger partial charge >= 0.3 is 0 Å². The molecule has 2 aliphatic rings. The Kier molecular flexibility index (Phi) is 4.57. The topological polar surface area (TPSA) is 65.0 Å². The second-order valence-corrected chi connectivity index (χ2v) is 8.68. The van der Waals surface area contributed by atoms with Crippen LogP contribution in [0.4, 0.5) is 0 Å². The summed E-state index contributed by atoms with van der Waals surface area (Å²) in [4.78, 5) is 14.2. The van der Waals surface area contributed by atoms with Gasteiger partial charge in [-0.1, -0.05) is 67.1 Å². The molecule has 1 fully saturated rings. The van der Waals surface area contributed by atoms with Crippen molar-refractivity contribution in [2.75, 3.05) is 14.2 Å². The lowest BCUT2D eigenvalue weighted by atomic mass is 9.76. The first-order valence-electron chi connectivity index (χ1n) is 10.7. The summed E-state index contributed by atoms with van der Waals surface area (Å²) in [5.74, 6) is 0.0452. The molecule has 1 aliphatic heterocycles. The highest BCUT2D eigenvalue weighted by Gasteiger charge is 2.73. The number of methoxy groups -OCH3 is 2. The maximum absolute atomic E-state index is 14.2. The van der Waals surface area contributed by atoms with Crippen LogP contribution in [0.15, 0.2) is 66.7 Å². The molecular formula is C27H26O5. The first kappa shape index (κ1) is 20.6. The van der Waals surface area contributed by atoms with E-state index in [0.29, 0.717) is 22.8 Å². The fourth-order valence-corrected chi connectivity index (χ4v) is 5.50. The van der Waals surface area contributed by atoms with Crippen LogP contribution in [0.3, 0.4) is 0 Å². The minimum Gasteiger partial charge on any atom is -0.496 e. The second-order valence-electron chi connectivity index (χ2n) is 8.68. The van der Waals surface area contributed by atoms with Crippen LogP contribution in [0.25, 0.3) is 0 Å². The highest BCUT2D eigenvalue weighted by molar-refractivity contribution is 6.03. The van der Waals surface area contributed by atoms with Crippen molar-refractivity contribution < 1.29 is 24.1 Å². The summed E-state index contributed by atoms with van der Waals surface area (Å²) in [7, 11) is 3.07. The van der Waals surface area contributed by atoms with Gasteiger partial charge in [-0.15, -0.1) is 0 Å². The molecule has 0 saturated heterocycles. The smallest absolute Gasteiger partial charge is 0.218 e. The number of carbonyl (C=O) groups is 1. The van der Waals surface area contributed by atoms with Crippen LogP contribution < -0.4 is 14.2 Å². The SMILES string of the molecule is COc1cc(OC)c2c(c1)O[C@@]1(c3ccc(C)cc3)C(=O)[C@]2(O)[C@@H](C)[C@@H]1c1ccccc1. The van der Waals surface area contributed by atoms with Gasteiger partial charge in [0.25, 0.3) is 0 Å². The number of rotatable bonds is 4. The van der Waals surface area contributed by atoms with Crippen molar-refractivity contribution in [3.63, 3.8) is 0 Å². The van der Waals surface area contributed by atoms with E-state index in [-0.39, 0.29) is 5.78 Å². The molecule has 5 heteroatoms. The van der Waals surface area contributed by atoms with Crippen LogP contribution in [0, 0.1) is 12.8 Å². The summed E-state index contributed by atoms with van der Waals surface area (Å²) in [5, 5.41) is 12.1. The van der Waals surface area contributed by atoms with E-state index in [1.807, 2.05) is 68.4 Å². The van der Waals surface area contributed by atoms with Gasteiger partial charge in [-0.25, -0.2) is 0 Å². The minimum atomic E-state index is -1.78. The van der Waals surface area contributed by atoms with Crippen LogP contribution in [-0.4, -0.2) is 25.1 Å². The van der Waals surface area contributed by atoms with Crippen LogP contribution in [0.5, 0.6) is 17.2 Å². The summed E-state index contributed by atoms with van der Waals surface area (Å²) in [6.45, 7) is 3.91. The molecule has 4 atom stereocenters. The molecule has 0 radical (unpaired) electrons. The molecule has 3 aromatic carbocycles. The third-order valence-corrected chi connectivity index (χ3v) is 7.07. The van der Waals surface area contributed by atoms with Gasteiger partial charge in [-0.3, -0.25) is 4.79 Å². The van der Waals surface area contributed by atoms with Gasteiger partial charge < -0.3 is 19.3 Å². The maximum atomic E-state index is 14.2. The summed E-state index contributed by atoms with van der Waals surface area (Å²) in [5.41, 5.74) is -0.0700. The summed E-state index contributed by atoms with van der Waals surface area (Å²) in [6.07, 6.45) is 0. The second kappa shape index (κ2) is 7.10. The van der Waals surface area contributed by atoms with Gasteiger partial charge in [-0.05, 0) is 12.5 Å². The normalized spacial score (nSPS) is 28.1. The lowest BCUT2D eigenvalue weighted by Crippen LogP contribution is -2.51. The van der Waals surface area contributed by atoms with Gasteiger partial charge in [0.2, 0.25) is 11.4 Å². The largest absolute Gasteiger partial charge is 0.496 e. The average Bonchev–Trinajstić information content (AvgIpc) is 2.92. The van der Waals surface area contributed by atoms with Gasteiger partial charge in [0.05, 0.1) is 19.8 Å². The number of carbonyl (C=O) groups excluding carboxylic acids is 1. The molecular weight excluding hydrogens is 404 g/mol. The molecule has 1 N–H and O–H groups in total. The van der Waals surface area contributed by atoms with E-state index in [0.717, 1.165) is 16.7 Å². The molecule has 2 bridgehead atoms. The number of hydrogen-bond donors (Lipinski definition) is 1. The molecule has 5 rings (SSSR count). The number of Topliss-reactive ketones (excluding diaryl/α,β-unsaturated/α-hetero) is 1. The third kappa shape index (κ3) is 2.51. The summed E-state index contributed by atoms with van der Waals surface area (Å²) in [6, 6.07) is 21.0. The van der Waals surface area contributed by atoms with E-state index in [4.69, 9.17) is 14.2 Å². The van der Waals surface area contributed by atoms with Crippen molar-refractivity contribution in [1.82, 2.24) is 0 Å². The standard InChI is InChI=1S/C27H26O5/c1-16-10-12-19(13-11-16)27-23(18-8-6-5-7-9-18)17(2)26(29,25(27)28)24-21(31-4)14-20(30-3)15-22(24)32-27/h5-15,17,23,29H,1-4H3/t17-,23+,26-,27+/m0/s1. The van der Waals surface area contributed by atoms with E-state index in [2.05, 4.69) is 0 Å². The number of hydrogen-bond acceptors (Lipinski definition) is 5. The van der Waals surface area contributed by atoms with Crippen molar-refractivity contribution >= 4 is 5.78 Å². The third-order valence-electron chi connectivity index (χ3n) is 7.07. The van der Waals surface area contributed by atoms with Gasteiger partial charge in [0.15, 0.2) is 5.60 Å². The highest BCUT2D eigenvalue weighted by atomic mass is 16.5. The van der Waals surface area contributed by atoms with Crippen molar-refractivity contribution in [3.8, 4) is 17.2 Å². The first-order valence-corrected chi connectivity index (χ1v) is 10.7. The lowest BCUT2D eigenvalue weighted by Gasteiger charge is -2.40.